The van der Waals surface area contributed by atoms with E-state index in [0.717, 1.165) is 43.6 Å². The van der Waals surface area contributed by atoms with Gasteiger partial charge in [-0.3, -0.25) is 0 Å². The molecule has 0 aliphatic carbocycles. The van der Waals surface area contributed by atoms with Crippen LogP contribution in [0.15, 0.2) is 48.5 Å². The average molecular weight is 535 g/mol. The number of halogens is 1. The van der Waals surface area contributed by atoms with Gasteiger partial charge in [-0.15, -0.1) is 0 Å². The molecule has 4 rings (SSSR count). The Bertz CT molecular complexity index is 917. The van der Waals surface area contributed by atoms with E-state index in [9.17, 15) is 13.4 Å². The number of likely N-dealkylation sites (tertiary alicyclic amines) is 2. The van der Waals surface area contributed by atoms with E-state index in [1.165, 1.54) is 12.8 Å². The van der Waals surface area contributed by atoms with Crippen LogP contribution in [-0.4, -0.2) is 50.4 Å². The van der Waals surface area contributed by atoms with E-state index < -0.39 is 21.9 Å². The number of anilines is 1. The first-order valence-corrected chi connectivity index (χ1v) is 12.9. The summed E-state index contributed by atoms with van der Waals surface area (Å²) >= 11 is -1.58. The molecule has 2 heterocycles. The van der Waals surface area contributed by atoms with Gasteiger partial charge >= 0.3 is 170 Å². The number of rotatable bonds is 6. The minimum atomic E-state index is -1.58. The molecule has 2 aliphatic rings. The quantitative estimate of drug-likeness (QED) is 0.341. The van der Waals surface area contributed by atoms with Crippen LogP contribution >= 0.6 is 0 Å². The molecule has 2 atom stereocenters. The van der Waals surface area contributed by atoms with E-state index in [2.05, 4.69) is 23.6 Å². The molecule has 0 saturated carbocycles. The van der Waals surface area contributed by atoms with Crippen molar-refractivity contribution in [2.75, 3.05) is 22.9 Å². The number of hydrogen-bond acceptors (Lipinski definition) is 5. The maximum absolute atomic E-state index is 13.5. The summed E-state index contributed by atoms with van der Waals surface area (Å²) in [5.74, 6) is 0.0811. The molecule has 1 N–H and O–H groups in total. The number of carbonyl (C=O) groups is 1. The van der Waals surface area contributed by atoms with Crippen molar-refractivity contribution in [3.8, 4) is 11.1 Å². The van der Waals surface area contributed by atoms with Gasteiger partial charge in [0, 0.05) is 0 Å². The van der Waals surface area contributed by atoms with Gasteiger partial charge in [-0.25, -0.2) is 0 Å². The Morgan fingerprint density at radius 2 is 1.77 bits per heavy atom. The number of hydrogen-bond donors (Lipinski definition) is 1. The molecule has 31 heavy (non-hydrogen) atoms. The molecule has 1 amide bonds. The molecule has 0 unspecified atom stereocenters. The van der Waals surface area contributed by atoms with Gasteiger partial charge in [0.2, 0.25) is 0 Å². The van der Waals surface area contributed by atoms with E-state index >= 15 is 0 Å². The molecule has 6 nitrogen and oxygen atoms in total. The normalized spacial score (nSPS) is 22.8. The molecule has 7 heteroatoms. The summed E-state index contributed by atoms with van der Waals surface area (Å²) in [5, 5.41) is 12.1. The fourth-order valence-corrected chi connectivity index (χ4v) is 5.79. The van der Waals surface area contributed by atoms with Crippen molar-refractivity contribution >= 4 is 11.6 Å². The Morgan fingerprint density at radius 3 is 2.45 bits per heavy atom. The van der Waals surface area contributed by atoms with E-state index in [0.29, 0.717) is 20.6 Å². The van der Waals surface area contributed by atoms with Crippen molar-refractivity contribution in [2.45, 2.75) is 51.1 Å². The van der Waals surface area contributed by atoms with Crippen LogP contribution in [0.25, 0.3) is 11.1 Å². The zero-order valence-corrected chi connectivity index (χ0v) is 20.3. The summed E-state index contributed by atoms with van der Waals surface area (Å²) < 4.78 is 10.0. The first-order chi connectivity index (χ1) is 15.0. The van der Waals surface area contributed by atoms with E-state index in [1.807, 2.05) is 36.4 Å². The number of carbonyl (C=O) groups excluding carboxylic acids is 1. The number of amides is 1. The van der Waals surface area contributed by atoms with Crippen LogP contribution in [0.2, 0.25) is 0 Å². The Hall–Kier alpha value is -1.68. The van der Waals surface area contributed by atoms with Crippen LogP contribution in [0.3, 0.4) is 0 Å². The molecule has 2 saturated heterocycles. The first kappa shape index (κ1) is 22.5. The molecule has 0 radical (unpaired) electrons. The SMILES string of the molecule is C[C@H](N1CCCC1)[C@@]1(C)CCCN1C(=O)c1ccc(-c2ccccc2N([O-])[I-]O)cc1. The predicted molar refractivity (Wildman–Crippen MR) is 119 cm³/mol. The van der Waals surface area contributed by atoms with Gasteiger partial charge in [0.05, 0.1) is 0 Å². The topological polar surface area (TPSA) is 70.1 Å². The molecule has 168 valence electrons. The summed E-state index contributed by atoms with van der Waals surface area (Å²) in [6.45, 7) is 7.56. The minimum absolute atomic E-state index is 0.0811. The van der Waals surface area contributed by atoms with Gasteiger partial charge in [-0.05, 0) is 25.9 Å². The third kappa shape index (κ3) is 4.33. The number of nitrogens with zero attached hydrogens (tertiary/aromatic N) is 3. The van der Waals surface area contributed by atoms with Gasteiger partial charge < -0.3 is 0 Å². The molecule has 0 aromatic heterocycles. The van der Waals surface area contributed by atoms with E-state index in [4.69, 9.17) is 0 Å². The number of benzene rings is 2. The van der Waals surface area contributed by atoms with Crippen molar-refractivity contribution in [3.63, 3.8) is 0 Å². The van der Waals surface area contributed by atoms with Gasteiger partial charge in [-0.1, -0.05) is 0 Å². The van der Waals surface area contributed by atoms with Crippen LogP contribution < -0.4 is 25.2 Å². The van der Waals surface area contributed by atoms with Gasteiger partial charge in [-0.2, -0.15) is 0 Å². The summed E-state index contributed by atoms with van der Waals surface area (Å²) in [6.07, 6.45) is 4.56. The zero-order valence-electron chi connectivity index (χ0n) is 18.1. The maximum atomic E-state index is 13.5. The van der Waals surface area contributed by atoms with Gasteiger partial charge in [0.25, 0.3) is 0 Å². The molecule has 2 aliphatic heterocycles. The summed E-state index contributed by atoms with van der Waals surface area (Å²) in [6, 6.07) is 15.1. The van der Waals surface area contributed by atoms with E-state index in [1.54, 1.807) is 12.1 Å². The molecule has 2 fully saturated rings. The fraction of sp³-hybridized carbons (Fsp3) is 0.458. The van der Waals surface area contributed by atoms with Crippen molar-refractivity contribution in [3.05, 3.63) is 59.3 Å². The zero-order chi connectivity index (χ0) is 22.0. The van der Waals surface area contributed by atoms with Crippen LogP contribution in [0.1, 0.15) is 49.9 Å². The third-order valence-electron chi connectivity index (χ3n) is 7.12. The second-order valence-electron chi connectivity index (χ2n) is 8.75. The summed E-state index contributed by atoms with van der Waals surface area (Å²) in [5.41, 5.74) is 2.61. The van der Waals surface area contributed by atoms with Gasteiger partial charge in [0.1, 0.15) is 0 Å². The van der Waals surface area contributed by atoms with Crippen LogP contribution in [-0.2, 0) is 0 Å². The number of para-hydroxylation sites is 1. The molecule has 0 spiro atoms. The van der Waals surface area contributed by atoms with Crippen LogP contribution in [0, 0.1) is 5.21 Å². The standard InChI is InChI=1S/C24H30IN3O3/c1-18(26-15-5-6-16-26)24(2)14-7-17-27(24)23(29)20-12-10-19(11-13-20)21-8-3-4-9-22(21)28(31)25-30/h3-4,8-13,18,30H,5-7,14-17H2,1-2H3/q-2/t18-,24+/m0/s1. The van der Waals surface area contributed by atoms with Gasteiger partial charge in [0.15, 0.2) is 0 Å². The van der Waals surface area contributed by atoms with Crippen molar-refractivity contribution < 1.29 is 30.1 Å². The third-order valence-corrected chi connectivity index (χ3v) is 8.03. The van der Waals surface area contributed by atoms with Crippen molar-refractivity contribution in [1.82, 2.24) is 9.80 Å². The predicted octanol–water partition coefficient (Wildman–Crippen LogP) is 1.05. The molecule has 2 aromatic carbocycles. The Morgan fingerprint density at radius 1 is 1.10 bits per heavy atom. The van der Waals surface area contributed by atoms with Crippen molar-refractivity contribution in [1.29, 1.82) is 0 Å². The second kappa shape index (κ2) is 9.44. The first-order valence-electron chi connectivity index (χ1n) is 11.0. The monoisotopic (exact) mass is 535 g/mol. The van der Waals surface area contributed by atoms with E-state index in [-0.39, 0.29) is 11.4 Å². The van der Waals surface area contributed by atoms with Crippen LogP contribution in [0.5, 0.6) is 0 Å². The molecular weight excluding hydrogens is 505 g/mol. The molecular formula is C24H30IN3O3-2. The molecule has 2 aromatic rings. The summed E-state index contributed by atoms with van der Waals surface area (Å²) in [4.78, 5) is 18.1. The Labute approximate surface area is 195 Å². The second-order valence-corrected chi connectivity index (χ2v) is 10.1. The summed E-state index contributed by atoms with van der Waals surface area (Å²) in [7, 11) is 0. The molecule has 0 bridgehead atoms. The Kier molecular flexibility index (Phi) is 6.86. The van der Waals surface area contributed by atoms with Crippen molar-refractivity contribution in [2.24, 2.45) is 0 Å². The Balaban J connectivity index is 1.56. The average Bonchev–Trinajstić information content (AvgIpc) is 3.48. The fourth-order valence-electron chi connectivity index (χ4n) is 5.14. The van der Waals surface area contributed by atoms with Crippen LogP contribution in [0.4, 0.5) is 5.69 Å².